The van der Waals surface area contributed by atoms with Crippen molar-refractivity contribution in [2.45, 2.75) is 11.6 Å². The van der Waals surface area contributed by atoms with Crippen LogP contribution in [0.3, 0.4) is 0 Å². The molecule has 1 aromatic carbocycles. The van der Waals surface area contributed by atoms with Gasteiger partial charge in [-0.3, -0.25) is 4.79 Å². The van der Waals surface area contributed by atoms with E-state index in [9.17, 15) is 4.79 Å². The molecule has 0 aliphatic carbocycles. The maximum atomic E-state index is 12.1. The zero-order chi connectivity index (χ0) is 17.8. The second kappa shape index (κ2) is 7.72. The lowest BCUT2D eigenvalue weighted by Gasteiger charge is -2.06. The molecule has 0 bridgehead atoms. The Kier molecular flexibility index (Phi) is 4.99. The van der Waals surface area contributed by atoms with Gasteiger partial charge in [0.2, 0.25) is 5.91 Å². The van der Waals surface area contributed by atoms with Crippen molar-refractivity contribution in [2.24, 2.45) is 0 Å². The van der Waals surface area contributed by atoms with Gasteiger partial charge in [0.05, 0.1) is 23.9 Å². The first kappa shape index (κ1) is 16.8. The molecule has 0 saturated carbocycles. The zero-order valence-corrected chi connectivity index (χ0v) is 15.3. The summed E-state index contributed by atoms with van der Waals surface area (Å²) in [6, 6.07) is 13.8. The molecule has 3 aromatic heterocycles. The molecule has 0 fully saturated rings. The fraction of sp³-hybridized carbons (Fsp3) is 0.105. The monoisotopic (exact) mass is 381 g/mol. The summed E-state index contributed by atoms with van der Waals surface area (Å²) < 4.78 is 5.22. The topological polar surface area (TPSA) is 68.0 Å². The number of thioether (sulfide) groups is 1. The third-order valence-electron chi connectivity index (χ3n) is 3.80. The Morgan fingerprint density at radius 2 is 2.04 bits per heavy atom. The van der Waals surface area contributed by atoms with Gasteiger partial charge in [0, 0.05) is 10.9 Å². The third kappa shape index (κ3) is 3.63. The molecule has 0 radical (unpaired) electrons. The Morgan fingerprint density at radius 3 is 2.85 bits per heavy atom. The third-order valence-corrected chi connectivity index (χ3v) is 5.68. The molecule has 0 atom stereocenters. The van der Waals surface area contributed by atoms with Crippen LogP contribution in [0.15, 0.2) is 69.9 Å². The standard InChI is InChI=1S/C19H15N3O2S2/c23-16(20-9-14-7-4-8-24-14)11-26-19-17-15(13-5-2-1-3-6-13)10-25-18(17)21-12-22-19/h1-8,10,12H,9,11H2,(H,20,23). The number of carbonyl (C=O) groups is 1. The minimum Gasteiger partial charge on any atom is -0.467 e. The summed E-state index contributed by atoms with van der Waals surface area (Å²) >= 11 is 3.01. The van der Waals surface area contributed by atoms with Crippen LogP contribution in [-0.2, 0) is 11.3 Å². The number of amides is 1. The summed E-state index contributed by atoms with van der Waals surface area (Å²) in [6.07, 6.45) is 3.15. The van der Waals surface area contributed by atoms with Gasteiger partial charge in [0.25, 0.3) is 0 Å². The molecule has 3 heterocycles. The highest BCUT2D eigenvalue weighted by Crippen LogP contribution is 2.37. The van der Waals surface area contributed by atoms with Crippen molar-refractivity contribution >= 4 is 39.2 Å². The largest absolute Gasteiger partial charge is 0.467 e. The van der Waals surface area contributed by atoms with Crippen LogP contribution >= 0.6 is 23.1 Å². The molecule has 4 aromatic rings. The van der Waals surface area contributed by atoms with Crippen LogP contribution in [0.5, 0.6) is 0 Å². The van der Waals surface area contributed by atoms with Gasteiger partial charge in [-0.2, -0.15) is 0 Å². The molecule has 0 spiro atoms. The van der Waals surface area contributed by atoms with Gasteiger partial charge >= 0.3 is 0 Å². The van der Waals surface area contributed by atoms with E-state index >= 15 is 0 Å². The quantitative estimate of drug-likeness (QED) is 0.397. The number of nitrogens with one attached hydrogen (secondary N) is 1. The zero-order valence-electron chi connectivity index (χ0n) is 13.7. The van der Waals surface area contributed by atoms with Crippen LogP contribution in [-0.4, -0.2) is 21.6 Å². The Bertz CT molecular complexity index is 1010. The average molecular weight is 381 g/mol. The first-order chi connectivity index (χ1) is 12.8. The summed E-state index contributed by atoms with van der Waals surface area (Å²) in [7, 11) is 0. The number of hydrogen-bond acceptors (Lipinski definition) is 6. The van der Waals surface area contributed by atoms with Crippen molar-refractivity contribution in [1.29, 1.82) is 0 Å². The fourth-order valence-corrected chi connectivity index (χ4v) is 4.39. The molecule has 7 heteroatoms. The SMILES string of the molecule is O=C(CSc1ncnc2scc(-c3ccccc3)c12)NCc1ccco1. The molecule has 0 aliphatic heterocycles. The summed E-state index contributed by atoms with van der Waals surface area (Å²) in [5.74, 6) is 0.961. The highest BCUT2D eigenvalue weighted by Gasteiger charge is 2.14. The Hall–Kier alpha value is -2.64. The van der Waals surface area contributed by atoms with Crippen molar-refractivity contribution < 1.29 is 9.21 Å². The molecule has 1 amide bonds. The number of carbonyl (C=O) groups excluding carboxylic acids is 1. The maximum Gasteiger partial charge on any atom is 0.230 e. The number of hydrogen-bond donors (Lipinski definition) is 1. The van der Waals surface area contributed by atoms with Crippen molar-refractivity contribution in [3.8, 4) is 11.1 Å². The lowest BCUT2D eigenvalue weighted by molar-refractivity contribution is -0.118. The lowest BCUT2D eigenvalue weighted by Crippen LogP contribution is -2.24. The van der Waals surface area contributed by atoms with Gasteiger partial charge in [-0.05, 0) is 17.7 Å². The van der Waals surface area contributed by atoms with E-state index in [0.717, 1.165) is 32.1 Å². The predicted molar refractivity (Wildman–Crippen MR) is 104 cm³/mol. The van der Waals surface area contributed by atoms with Crippen LogP contribution in [0.25, 0.3) is 21.3 Å². The van der Waals surface area contributed by atoms with E-state index in [1.807, 2.05) is 24.3 Å². The smallest absolute Gasteiger partial charge is 0.230 e. The normalized spacial score (nSPS) is 10.9. The number of aromatic nitrogens is 2. The van der Waals surface area contributed by atoms with Gasteiger partial charge in [-0.1, -0.05) is 42.1 Å². The molecule has 1 N–H and O–H groups in total. The van der Waals surface area contributed by atoms with Crippen molar-refractivity contribution in [3.63, 3.8) is 0 Å². The van der Waals surface area contributed by atoms with Crippen LogP contribution < -0.4 is 5.32 Å². The van der Waals surface area contributed by atoms with E-state index in [1.54, 1.807) is 30.0 Å². The van der Waals surface area contributed by atoms with E-state index in [-0.39, 0.29) is 11.7 Å². The van der Waals surface area contributed by atoms with Crippen LogP contribution in [0.2, 0.25) is 0 Å². The highest BCUT2D eigenvalue weighted by molar-refractivity contribution is 8.00. The summed E-state index contributed by atoms with van der Waals surface area (Å²) in [6.45, 7) is 0.388. The van der Waals surface area contributed by atoms with E-state index < -0.39 is 0 Å². The van der Waals surface area contributed by atoms with Crippen LogP contribution in [0.4, 0.5) is 0 Å². The second-order valence-electron chi connectivity index (χ2n) is 5.52. The van der Waals surface area contributed by atoms with E-state index in [0.29, 0.717) is 6.54 Å². The average Bonchev–Trinajstić information content (AvgIpc) is 3.35. The number of nitrogens with zero attached hydrogens (tertiary/aromatic N) is 2. The number of rotatable bonds is 6. The molecule has 0 aliphatic rings. The van der Waals surface area contributed by atoms with Gasteiger partial charge in [-0.15, -0.1) is 11.3 Å². The molecule has 130 valence electrons. The van der Waals surface area contributed by atoms with Gasteiger partial charge in [-0.25, -0.2) is 9.97 Å². The predicted octanol–water partition coefficient (Wildman–Crippen LogP) is 4.36. The van der Waals surface area contributed by atoms with Crippen LogP contribution in [0.1, 0.15) is 5.76 Å². The molecule has 4 rings (SSSR count). The Morgan fingerprint density at radius 1 is 1.15 bits per heavy atom. The van der Waals surface area contributed by atoms with Crippen molar-refractivity contribution in [1.82, 2.24) is 15.3 Å². The minimum atomic E-state index is -0.0605. The number of fused-ring (bicyclic) bond motifs is 1. The summed E-state index contributed by atoms with van der Waals surface area (Å²) in [5.41, 5.74) is 2.22. The van der Waals surface area contributed by atoms with Crippen molar-refractivity contribution in [3.05, 3.63) is 66.2 Å². The van der Waals surface area contributed by atoms with Gasteiger partial charge < -0.3 is 9.73 Å². The van der Waals surface area contributed by atoms with Gasteiger partial charge in [0.1, 0.15) is 21.9 Å². The molecular weight excluding hydrogens is 366 g/mol. The lowest BCUT2D eigenvalue weighted by atomic mass is 10.1. The molecule has 0 unspecified atom stereocenters. The molecule has 5 nitrogen and oxygen atoms in total. The number of furan rings is 1. The number of thiophene rings is 1. The molecule has 26 heavy (non-hydrogen) atoms. The Labute approximate surface area is 158 Å². The summed E-state index contributed by atoms with van der Waals surface area (Å²) in [4.78, 5) is 21.8. The first-order valence-electron chi connectivity index (χ1n) is 8.01. The van der Waals surface area contributed by atoms with Gasteiger partial charge in [0.15, 0.2) is 0 Å². The van der Waals surface area contributed by atoms with Crippen LogP contribution in [0, 0.1) is 0 Å². The van der Waals surface area contributed by atoms with E-state index in [2.05, 4.69) is 32.8 Å². The summed E-state index contributed by atoms with van der Waals surface area (Å²) in [5, 5.41) is 6.77. The fourth-order valence-electron chi connectivity index (χ4n) is 2.57. The Balaban J connectivity index is 1.51. The minimum absolute atomic E-state index is 0.0605. The molecule has 0 saturated heterocycles. The maximum absolute atomic E-state index is 12.1. The van der Waals surface area contributed by atoms with E-state index in [4.69, 9.17) is 4.42 Å². The highest BCUT2D eigenvalue weighted by atomic mass is 32.2. The number of benzene rings is 1. The molecular formula is C19H15N3O2S2. The van der Waals surface area contributed by atoms with Crippen molar-refractivity contribution in [2.75, 3.05) is 5.75 Å². The second-order valence-corrected chi connectivity index (χ2v) is 7.34. The first-order valence-corrected chi connectivity index (χ1v) is 9.87. The van der Waals surface area contributed by atoms with E-state index in [1.165, 1.54) is 11.8 Å².